The second-order valence-electron chi connectivity index (χ2n) is 3.85. The molecule has 1 aromatic heterocycles. The third kappa shape index (κ3) is 2.20. The van der Waals surface area contributed by atoms with E-state index in [4.69, 9.17) is 0 Å². The topological polar surface area (TPSA) is 65.7 Å². The molecule has 4 nitrogen and oxygen atoms in total. The maximum atomic E-state index is 11.2. The zero-order valence-corrected chi connectivity index (χ0v) is 9.85. The molecule has 0 aromatic carbocycles. The van der Waals surface area contributed by atoms with Crippen LogP contribution in [-0.2, 0) is 5.41 Å². The van der Waals surface area contributed by atoms with Crippen LogP contribution in [0.15, 0.2) is 9.59 Å². The summed E-state index contributed by atoms with van der Waals surface area (Å²) >= 11 is 1.93. The maximum Gasteiger partial charge on any atom is 0.325 e. The summed E-state index contributed by atoms with van der Waals surface area (Å²) in [6.07, 6.45) is 0. The van der Waals surface area contributed by atoms with Gasteiger partial charge >= 0.3 is 5.69 Å². The highest BCUT2D eigenvalue weighted by molar-refractivity contribution is 14.1. The van der Waals surface area contributed by atoms with Gasteiger partial charge in [-0.3, -0.25) is 9.78 Å². The van der Waals surface area contributed by atoms with Crippen molar-refractivity contribution in [3.05, 3.63) is 30.1 Å². The molecule has 1 rings (SSSR count). The van der Waals surface area contributed by atoms with E-state index in [0.29, 0.717) is 9.26 Å². The largest absolute Gasteiger partial charge is 0.325 e. The van der Waals surface area contributed by atoms with E-state index in [2.05, 4.69) is 9.97 Å². The van der Waals surface area contributed by atoms with E-state index in [0.717, 1.165) is 0 Å². The third-order valence-corrected chi connectivity index (χ3v) is 2.66. The summed E-state index contributed by atoms with van der Waals surface area (Å²) < 4.78 is 0.546. The van der Waals surface area contributed by atoms with Crippen LogP contribution in [-0.4, -0.2) is 9.97 Å². The lowest BCUT2D eigenvalue weighted by molar-refractivity contribution is 0.557. The summed E-state index contributed by atoms with van der Waals surface area (Å²) in [5.41, 5.74) is -0.310. The Balaban J connectivity index is 3.56. The van der Waals surface area contributed by atoms with Gasteiger partial charge in [0.1, 0.15) is 0 Å². The van der Waals surface area contributed by atoms with Crippen molar-refractivity contribution in [3.8, 4) is 0 Å². The van der Waals surface area contributed by atoms with E-state index in [9.17, 15) is 9.59 Å². The smallest absolute Gasteiger partial charge is 0.310 e. The predicted octanol–water partition coefficient (Wildman–Crippen LogP) is 0.965. The minimum absolute atomic E-state index is 0.218. The average molecular weight is 294 g/mol. The van der Waals surface area contributed by atoms with E-state index in [-0.39, 0.29) is 11.0 Å². The number of hydrogen-bond donors (Lipinski definition) is 2. The Morgan fingerprint density at radius 2 is 1.69 bits per heavy atom. The Hall–Kier alpha value is -0.590. The van der Waals surface area contributed by atoms with Crippen LogP contribution >= 0.6 is 22.6 Å². The predicted molar refractivity (Wildman–Crippen MR) is 59.1 cm³/mol. The van der Waals surface area contributed by atoms with E-state index >= 15 is 0 Å². The summed E-state index contributed by atoms with van der Waals surface area (Å²) in [5.74, 6) is 0. The summed E-state index contributed by atoms with van der Waals surface area (Å²) in [7, 11) is 0. The van der Waals surface area contributed by atoms with Gasteiger partial charge in [-0.15, -0.1) is 0 Å². The van der Waals surface area contributed by atoms with Gasteiger partial charge in [0.2, 0.25) is 0 Å². The van der Waals surface area contributed by atoms with Gasteiger partial charge < -0.3 is 4.98 Å². The molecule has 0 amide bonds. The molecule has 0 saturated heterocycles. The lowest BCUT2D eigenvalue weighted by Gasteiger charge is -2.18. The normalized spacial score (nSPS) is 11.7. The first-order valence-corrected chi connectivity index (χ1v) is 4.93. The highest BCUT2D eigenvalue weighted by Crippen LogP contribution is 2.21. The number of halogens is 1. The van der Waals surface area contributed by atoms with Crippen LogP contribution in [0.25, 0.3) is 0 Å². The van der Waals surface area contributed by atoms with Crippen molar-refractivity contribution in [1.82, 2.24) is 9.97 Å². The van der Waals surface area contributed by atoms with E-state index < -0.39 is 5.69 Å². The van der Waals surface area contributed by atoms with Crippen LogP contribution < -0.4 is 11.2 Å². The van der Waals surface area contributed by atoms with Gasteiger partial charge in [-0.2, -0.15) is 0 Å². The number of hydrogen-bond acceptors (Lipinski definition) is 2. The van der Waals surface area contributed by atoms with Crippen molar-refractivity contribution < 1.29 is 0 Å². The van der Waals surface area contributed by atoms with Crippen molar-refractivity contribution in [1.29, 1.82) is 0 Å². The molecule has 0 spiro atoms. The molecular formula is C8H11IN2O2. The Bertz CT molecular complexity index is 425. The molecule has 0 saturated carbocycles. The molecule has 0 atom stereocenters. The quantitative estimate of drug-likeness (QED) is 0.700. The Morgan fingerprint density at radius 3 is 2.15 bits per heavy atom. The number of nitrogens with one attached hydrogen (secondary N) is 2. The fourth-order valence-electron chi connectivity index (χ4n) is 0.988. The van der Waals surface area contributed by atoms with Crippen LogP contribution in [0.1, 0.15) is 26.5 Å². The van der Waals surface area contributed by atoms with Gasteiger partial charge in [0.25, 0.3) is 5.56 Å². The molecule has 0 radical (unpaired) electrons. The minimum Gasteiger partial charge on any atom is -0.310 e. The molecule has 0 aliphatic rings. The molecular weight excluding hydrogens is 283 g/mol. The van der Waals surface area contributed by atoms with E-state index in [1.54, 1.807) is 0 Å². The summed E-state index contributed by atoms with van der Waals surface area (Å²) in [6.45, 7) is 5.83. The molecule has 5 heteroatoms. The summed E-state index contributed by atoms with van der Waals surface area (Å²) in [5, 5.41) is 0. The van der Waals surface area contributed by atoms with Gasteiger partial charge in [0.15, 0.2) is 0 Å². The first kappa shape index (κ1) is 10.5. The van der Waals surface area contributed by atoms with Crippen molar-refractivity contribution in [2.24, 2.45) is 0 Å². The zero-order valence-electron chi connectivity index (χ0n) is 7.69. The average Bonchev–Trinajstić information content (AvgIpc) is 1.94. The SMILES string of the molecule is CC(C)(C)c1[nH]c(=O)[nH]c(=O)c1I. The van der Waals surface area contributed by atoms with Gasteiger partial charge in [0.05, 0.1) is 3.57 Å². The molecule has 13 heavy (non-hydrogen) atoms. The second kappa shape index (κ2) is 3.28. The number of aromatic amines is 2. The van der Waals surface area contributed by atoms with Crippen molar-refractivity contribution >= 4 is 22.6 Å². The number of rotatable bonds is 0. The lowest BCUT2D eigenvalue weighted by atomic mass is 9.92. The fourth-order valence-corrected chi connectivity index (χ4v) is 2.07. The van der Waals surface area contributed by atoms with Crippen LogP contribution in [0.2, 0.25) is 0 Å². The Morgan fingerprint density at radius 1 is 1.15 bits per heavy atom. The zero-order chi connectivity index (χ0) is 10.2. The highest BCUT2D eigenvalue weighted by Gasteiger charge is 2.19. The second-order valence-corrected chi connectivity index (χ2v) is 4.93. The third-order valence-electron chi connectivity index (χ3n) is 1.63. The van der Waals surface area contributed by atoms with E-state index in [1.807, 2.05) is 43.4 Å². The first-order chi connectivity index (χ1) is 5.82. The van der Waals surface area contributed by atoms with E-state index in [1.165, 1.54) is 0 Å². The summed E-state index contributed by atoms with van der Waals surface area (Å²) in [4.78, 5) is 27.0. The molecule has 2 N–H and O–H groups in total. The number of H-pyrrole nitrogens is 2. The molecule has 0 aliphatic heterocycles. The lowest BCUT2D eigenvalue weighted by Crippen LogP contribution is -2.31. The van der Waals surface area contributed by atoms with Gasteiger partial charge in [-0.25, -0.2) is 4.79 Å². The monoisotopic (exact) mass is 294 g/mol. The molecule has 1 aromatic rings. The standard InChI is InChI=1S/C8H11IN2O2/c1-8(2,3)5-4(9)6(12)11-7(13)10-5/h1-3H3,(H2,10,11,12,13). The van der Waals surface area contributed by atoms with Gasteiger partial charge in [-0.1, -0.05) is 20.8 Å². The van der Waals surface area contributed by atoms with Crippen LogP contribution in [0, 0.1) is 3.57 Å². The highest BCUT2D eigenvalue weighted by atomic mass is 127. The Kier molecular flexibility index (Phi) is 2.65. The molecule has 0 fully saturated rings. The van der Waals surface area contributed by atoms with Crippen molar-refractivity contribution in [3.63, 3.8) is 0 Å². The number of aromatic nitrogens is 2. The maximum absolute atomic E-state index is 11.2. The van der Waals surface area contributed by atoms with Gasteiger partial charge in [0, 0.05) is 11.1 Å². The van der Waals surface area contributed by atoms with Crippen molar-refractivity contribution in [2.75, 3.05) is 0 Å². The van der Waals surface area contributed by atoms with Gasteiger partial charge in [-0.05, 0) is 22.6 Å². The molecule has 1 heterocycles. The fraction of sp³-hybridized carbons (Fsp3) is 0.500. The molecule has 0 bridgehead atoms. The van der Waals surface area contributed by atoms with Crippen LogP contribution in [0.3, 0.4) is 0 Å². The van der Waals surface area contributed by atoms with Crippen LogP contribution in [0.4, 0.5) is 0 Å². The molecule has 72 valence electrons. The Labute approximate surface area is 88.9 Å². The first-order valence-electron chi connectivity index (χ1n) is 3.85. The minimum atomic E-state index is -0.449. The molecule has 0 unspecified atom stereocenters. The van der Waals surface area contributed by atoms with Crippen LogP contribution in [0.5, 0.6) is 0 Å². The van der Waals surface area contributed by atoms with Crippen molar-refractivity contribution in [2.45, 2.75) is 26.2 Å². The summed E-state index contributed by atoms with van der Waals surface area (Å²) in [6, 6.07) is 0. The molecule has 0 aliphatic carbocycles.